The van der Waals surface area contributed by atoms with E-state index < -0.39 is 10.0 Å². The quantitative estimate of drug-likeness (QED) is 0.685. The van der Waals surface area contributed by atoms with Crippen LogP contribution in [0, 0.1) is 0 Å². The lowest BCUT2D eigenvalue weighted by atomic mass is 10.0. The van der Waals surface area contributed by atoms with Crippen molar-refractivity contribution in [2.75, 3.05) is 13.1 Å². The molecule has 0 aliphatic carbocycles. The molecule has 1 aliphatic heterocycles. The summed E-state index contributed by atoms with van der Waals surface area (Å²) in [7, 11) is -3.46. The van der Waals surface area contributed by atoms with Crippen molar-refractivity contribution >= 4 is 21.4 Å². The van der Waals surface area contributed by atoms with Crippen LogP contribution in [0.2, 0.25) is 0 Å². The Hall–Kier alpha value is -2.03. The van der Waals surface area contributed by atoms with Crippen molar-refractivity contribution in [1.29, 1.82) is 0 Å². The topological polar surface area (TPSA) is 76.3 Å². The molecule has 3 aromatic rings. The van der Waals surface area contributed by atoms with Crippen LogP contribution in [0.4, 0.5) is 0 Å². The highest BCUT2D eigenvalue weighted by atomic mass is 32.2. The maximum Gasteiger partial charge on any atom is 0.243 e. The number of sulfonamides is 1. The molecule has 6 nitrogen and oxygen atoms in total. The minimum atomic E-state index is -3.46. The Morgan fingerprint density at radius 1 is 1.24 bits per heavy atom. The Labute approximate surface area is 150 Å². The number of thiophene rings is 1. The van der Waals surface area contributed by atoms with Crippen molar-refractivity contribution in [1.82, 2.24) is 14.4 Å². The maximum absolute atomic E-state index is 12.6. The molecule has 0 atom stereocenters. The highest BCUT2D eigenvalue weighted by Gasteiger charge is 2.40. The summed E-state index contributed by atoms with van der Waals surface area (Å²) in [5, 5.41) is 5.93. The van der Waals surface area contributed by atoms with Gasteiger partial charge in [0.2, 0.25) is 21.7 Å². The number of aromatic nitrogens is 2. The van der Waals surface area contributed by atoms with E-state index in [1.807, 2.05) is 36.6 Å². The summed E-state index contributed by atoms with van der Waals surface area (Å²) in [6.45, 7) is 2.77. The van der Waals surface area contributed by atoms with E-state index in [9.17, 15) is 8.42 Å². The molecule has 3 heterocycles. The fourth-order valence-electron chi connectivity index (χ4n) is 2.74. The van der Waals surface area contributed by atoms with E-state index in [-0.39, 0.29) is 5.92 Å². The Balaban J connectivity index is 1.46. The lowest BCUT2D eigenvalue weighted by Gasteiger charge is -2.35. The SMILES string of the molecule is CCc1ccc(S(=O)(=O)N2CC(c3nc(-c4cccs4)no3)C2)cc1. The first kappa shape index (κ1) is 16.4. The van der Waals surface area contributed by atoms with Crippen molar-refractivity contribution in [3.05, 3.63) is 53.2 Å². The number of nitrogens with zero attached hydrogens (tertiary/aromatic N) is 3. The standard InChI is InChI=1S/C17H17N3O3S2/c1-2-12-5-7-14(8-6-12)25(21,22)20-10-13(11-20)17-18-16(19-23-17)15-4-3-9-24-15/h3-9,13H,2,10-11H2,1H3. The van der Waals surface area contributed by atoms with E-state index >= 15 is 0 Å². The largest absolute Gasteiger partial charge is 0.339 e. The van der Waals surface area contributed by atoms with Crippen molar-refractivity contribution in [2.24, 2.45) is 0 Å². The van der Waals surface area contributed by atoms with Crippen LogP contribution in [0.3, 0.4) is 0 Å². The molecule has 130 valence electrons. The van der Waals surface area contributed by atoms with Gasteiger partial charge >= 0.3 is 0 Å². The Morgan fingerprint density at radius 3 is 2.64 bits per heavy atom. The van der Waals surface area contributed by atoms with Gasteiger partial charge in [0, 0.05) is 13.1 Å². The molecule has 1 aromatic carbocycles. The van der Waals surface area contributed by atoms with Gasteiger partial charge in [-0.05, 0) is 35.6 Å². The van der Waals surface area contributed by atoms with Crippen LogP contribution < -0.4 is 0 Å². The van der Waals surface area contributed by atoms with Crippen LogP contribution in [0.1, 0.15) is 24.3 Å². The summed E-state index contributed by atoms with van der Waals surface area (Å²) < 4.78 is 32.1. The molecule has 2 aromatic heterocycles. The van der Waals surface area contributed by atoms with Gasteiger partial charge in [-0.1, -0.05) is 30.3 Å². The smallest absolute Gasteiger partial charge is 0.243 e. The van der Waals surface area contributed by atoms with Crippen LogP contribution in [0.25, 0.3) is 10.7 Å². The molecule has 0 N–H and O–H groups in total. The van der Waals surface area contributed by atoms with E-state index in [0.717, 1.165) is 16.9 Å². The Bertz CT molecular complexity index is 957. The average molecular weight is 375 g/mol. The second kappa shape index (κ2) is 6.36. The second-order valence-electron chi connectivity index (χ2n) is 5.95. The van der Waals surface area contributed by atoms with Crippen LogP contribution >= 0.6 is 11.3 Å². The lowest BCUT2D eigenvalue weighted by Crippen LogP contribution is -2.48. The monoisotopic (exact) mass is 375 g/mol. The number of hydrogen-bond donors (Lipinski definition) is 0. The molecule has 1 aliphatic rings. The van der Waals surface area contributed by atoms with E-state index in [0.29, 0.717) is 29.7 Å². The van der Waals surface area contributed by atoms with Crippen LogP contribution in [0.5, 0.6) is 0 Å². The summed E-state index contributed by atoms with van der Waals surface area (Å²) >= 11 is 1.54. The Kier molecular flexibility index (Phi) is 4.18. The number of aryl methyl sites for hydroxylation is 1. The van der Waals surface area contributed by atoms with Crippen molar-refractivity contribution < 1.29 is 12.9 Å². The van der Waals surface area contributed by atoms with Gasteiger partial charge in [0.25, 0.3) is 0 Å². The zero-order chi connectivity index (χ0) is 17.4. The summed E-state index contributed by atoms with van der Waals surface area (Å²) in [6.07, 6.45) is 0.885. The van der Waals surface area contributed by atoms with Crippen LogP contribution in [-0.2, 0) is 16.4 Å². The molecule has 4 rings (SSSR count). The third-order valence-corrected chi connectivity index (χ3v) is 7.06. The molecule has 1 saturated heterocycles. The van der Waals surface area contributed by atoms with Crippen LogP contribution in [-0.4, -0.2) is 36.0 Å². The molecule has 1 fully saturated rings. The fourth-order valence-corrected chi connectivity index (χ4v) is 4.92. The average Bonchev–Trinajstić information content (AvgIpc) is 3.24. The first-order chi connectivity index (χ1) is 12.1. The van der Waals surface area contributed by atoms with E-state index in [4.69, 9.17) is 4.52 Å². The summed E-state index contributed by atoms with van der Waals surface area (Å²) in [5.41, 5.74) is 1.12. The maximum atomic E-state index is 12.6. The first-order valence-electron chi connectivity index (χ1n) is 8.04. The lowest BCUT2D eigenvalue weighted by molar-refractivity contribution is 0.217. The second-order valence-corrected chi connectivity index (χ2v) is 8.84. The predicted molar refractivity (Wildman–Crippen MR) is 94.9 cm³/mol. The van der Waals surface area contributed by atoms with E-state index in [2.05, 4.69) is 10.1 Å². The molecular formula is C17H17N3O3S2. The van der Waals surface area contributed by atoms with Gasteiger partial charge in [-0.25, -0.2) is 8.42 Å². The number of benzene rings is 1. The van der Waals surface area contributed by atoms with Crippen molar-refractivity contribution in [3.63, 3.8) is 0 Å². The third-order valence-electron chi connectivity index (χ3n) is 4.35. The molecule has 25 heavy (non-hydrogen) atoms. The molecule has 0 spiro atoms. The highest BCUT2D eigenvalue weighted by Crippen LogP contribution is 2.32. The predicted octanol–water partition coefficient (Wildman–Crippen LogP) is 3.15. The van der Waals surface area contributed by atoms with Gasteiger partial charge < -0.3 is 4.52 Å². The normalized spacial score (nSPS) is 16.0. The summed E-state index contributed by atoms with van der Waals surface area (Å²) in [5.74, 6) is 1.00. The zero-order valence-corrected chi connectivity index (χ0v) is 15.3. The third kappa shape index (κ3) is 3.01. The van der Waals surface area contributed by atoms with Gasteiger partial charge in [0.05, 0.1) is 15.7 Å². The number of rotatable bonds is 5. The number of hydrogen-bond acceptors (Lipinski definition) is 6. The van der Waals surface area contributed by atoms with Gasteiger partial charge in [-0.2, -0.15) is 9.29 Å². The molecule has 0 unspecified atom stereocenters. The molecule has 0 saturated carbocycles. The Morgan fingerprint density at radius 2 is 2.00 bits per heavy atom. The highest BCUT2D eigenvalue weighted by molar-refractivity contribution is 7.89. The summed E-state index contributed by atoms with van der Waals surface area (Å²) in [6, 6.07) is 10.9. The minimum absolute atomic E-state index is 0.0501. The molecule has 0 radical (unpaired) electrons. The minimum Gasteiger partial charge on any atom is -0.339 e. The zero-order valence-electron chi connectivity index (χ0n) is 13.6. The molecule has 0 amide bonds. The van der Waals surface area contributed by atoms with Gasteiger partial charge in [0.1, 0.15) is 0 Å². The van der Waals surface area contributed by atoms with Crippen molar-refractivity contribution in [2.45, 2.75) is 24.2 Å². The fraction of sp³-hybridized carbons (Fsp3) is 0.294. The van der Waals surface area contributed by atoms with Gasteiger partial charge in [-0.15, -0.1) is 11.3 Å². The summed E-state index contributed by atoms with van der Waals surface area (Å²) in [4.78, 5) is 5.66. The van der Waals surface area contributed by atoms with E-state index in [1.165, 1.54) is 4.31 Å². The molecular weight excluding hydrogens is 358 g/mol. The molecule has 0 bridgehead atoms. The first-order valence-corrected chi connectivity index (χ1v) is 10.4. The van der Waals surface area contributed by atoms with E-state index in [1.54, 1.807) is 23.5 Å². The van der Waals surface area contributed by atoms with Crippen LogP contribution in [0.15, 0.2) is 51.2 Å². The van der Waals surface area contributed by atoms with Gasteiger partial charge in [0.15, 0.2) is 0 Å². The van der Waals surface area contributed by atoms with Crippen molar-refractivity contribution in [3.8, 4) is 10.7 Å². The molecule has 8 heteroatoms. The van der Waals surface area contributed by atoms with Gasteiger partial charge in [-0.3, -0.25) is 0 Å².